The van der Waals surface area contributed by atoms with Crippen LogP contribution in [0.2, 0.25) is 0 Å². The molecule has 1 nitrogen and oxygen atoms in total. The molecule has 0 amide bonds. The van der Waals surface area contributed by atoms with E-state index in [9.17, 15) is 4.39 Å². The smallest absolute Gasteiger partial charge is 0.124 e. The van der Waals surface area contributed by atoms with Gasteiger partial charge >= 0.3 is 0 Å². The van der Waals surface area contributed by atoms with Gasteiger partial charge in [-0.25, -0.2) is 4.39 Å². The molecule has 0 saturated heterocycles. The Balaban J connectivity index is 2.05. The molecule has 0 aromatic heterocycles. The van der Waals surface area contributed by atoms with Crippen LogP contribution in [0.15, 0.2) is 22.7 Å². The molecule has 0 N–H and O–H groups in total. The number of benzene rings is 1. The quantitative estimate of drug-likeness (QED) is 0.736. The minimum absolute atomic E-state index is 0.186. The molecule has 1 saturated carbocycles. The summed E-state index contributed by atoms with van der Waals surface area (Å²) < 4.78 is 14.1. The van der Waals surface area contributed by atoms with Gasteiger partial charge in [-0.1, -0.05) is 22.4 Å². The lowest BCUT2D eigenvalue weighted by Crippen LogP contribution is -2.40. The Kier molecular flexibility index (Phi) is 4.83. The first kappa shape index (κ1) is 13.3. The molecule has 2 rings (SSSR count). The topological polar surface area (TPSA) is 3.24 Å². The maximum absolute atomic E-state index is 13.3. The summed E-state index contributed by atoms with van der Waals surface area (Å²) in [7, 11) is 0. The van der Waals surface area contributed by atoms with Gasteiger partial charge < -0.3 is 0 Å². The van der Waals surface area contributed by atoms with Gasteiger partial charge in [0.05, 0.1) is 0 Å². The van der Waals surface area contributed by atoms with Gasteiger partial charge in [0.25, 0.3) is 0 Å². The SMILES string of the molecule is Fc1cc(Br)cc(CN(CCCl)C2CCC2)c1. The standard InChI is InChI=1S/C13H16BrClFN/c14-11-6-10(7-12(16)8-11)9-17(5-4-15)13-2-1-3-13/h6-8,13H,1-5,9H2. The highest BCUT2D eigenvalue weighted by Gasteiger charge is 2.24. The zero-order chi connectivity index (χ0) is 12.3. The Labute approximate surface area is 115 Å². The zero-order valence-electron chi connectivity index (χ0n) is 9.63. The summed E-state index contributed by atoms with van der Waals surface area (Å²) in [5.41, 5.74) is 1.01. The van der Waals surface area contributed by atoms with Gasteiger partial charge in [0, 0.05) is 29.5 Å². The van der Waals surface area contributed by atoms with Crippen LogP contribution in [0.1, 0.15) is 24.8 Å². The average Bonchev–Trinajstić information content (AvgIpc) is 2.13. The summed E-state index contributed by atoms with van der Waals surface area (Å²) >= 11 is 9.15. The maximum Gasteiger partial charge on any atom is 0.124 e. The second-order valence-electron chi connectivity index (χ2n) is 4.52. The first-order chi connectivity index (χ1) is 8.19. The van der Waals surface area contributed by atoms with E-state index in [4.69, 9.17) is 11.6 Å². The third-order valence-corrected chi connectivity index (χ3v) is 3.90. The number of hydrogen-bond acceptors (Lipinski definition) is 1. The fraction of sp³-hybridized carbons (Fsp3) is 0.538. The molecule has 1 aliphatic carbocycles. The molecular formula is C13H16BrClFN. The predicted octanol–water partition coefficient (Wildman–Crippen LogP) is 4.18. The van der Waals surface area contributed by atoms with Crippen molar-refractivity contribution in [3.8, 4) is 0 Å². The van der Waals surface area contributed by atoms with Crippen molar-refractivity contribution in [1.29, 1.82) is 0 Å². The van der Waals surface area contributed by atoms with Crippen LogP contribution in [-0.2, 0) is 6.54 Å². The monoisotopic (exact) mass is 319 g/mol. The van der Waals surface area contributed by atoms with E-state index in [1.54, 1.807) is 6.07 Å². The lowest BCUT2D eigenvalue weighted by atomic mass is 9.91. The molecule has 94 valence electrons. The Morgan fingerprint density at radius 3 is 2.65 bits per heavy atom. The van der Waals surface area contributed by atoms with Gasteiger partial charge in [-0.05, 0) is 36.6 Å². The first-order valence-corrected chi connectivity index (χ1v) is 7.27. The minimum atomic E-state index is -0.186. The van der Waals surface area contributed by atoms with E-state index >= 15 is 0 Å². The molecule has 1 aromatic carbocycles. The Morgan fingerprint density at radius 2 is 2.12 bits per heavy atom. The number of alkyl halides is 1. The van der Waals surface area contributed by atoms with Gasteiger partial charge in [0.1, 0.15) is 5.82 Å². The molecule has 1 aromatic rings. The Bertz CT molecular complexity index is 361. The molecule has 0 radical (unpaired) electrons. The van der Waals surface area contributed by atoms with Crippen LogP contribution in [-0.4, -0.2) is 23.4 Å². The van der Waals surface area contributed by atoms with E-state index in [2.05, 4.69) is 20.8 Å². The van der Waals surface area contributed by atoms with E-state index in [-0.39, 0.29) is 5.82 Å². The Morgan fingerprint density at radius 1 is 1.35 bits per heavy atom. The third-order valence-electron chi connectivity index (χ3n) is 3.27. The number of nitrogens with zero attached hydrogens (tertiary/aromatic N) is 1. The second-order valence-corrected chi connectivity index (χ2v) is 5.82. The highest BCUT2D eigenvalue weighted by molar-refractivity contribution is 9.10. The van der Waals surface area contributed by atoms with Crippen molar-refractivity contribution in [2.24, 2.45) is 0 Å². The Hall–Kier alpha value is -0.120. The molecule has 0 aliphatic heterocycles. The summed E-state index contributed by atoms with van der Waals surface area (Å²) in [5, 5.41) is 0. The van der Waals surface area contributed by atoms with Crippen LogP contribution in [0, 0.1) is 5.82 Å². The summed E-state index contributed by atoms with van der Waals surface area (Å²) in [4.78, 5) is 2.36. The molecule has 0 atom stereocenters. The highest BCUT2D eigenvalue weighted by atomic mass is 79.9. The van der Waals surface area contributed by atoms with E-state index in [0.29, 0.717) is 11.9 Å². The van der Waals surface area contributed by atoms with Crippen molar-refractivity contribution in [2.45, 2.75) is 31.8 Å². The molecular weight excluding hydrogens is 305 g/mol. The first-order valence-electron chi connectivity index (χ1n) is 5.94. The summed E-state index contributed by atoms with van der Waals surface area (Å²) in [5.74, 6) is 0.446. The number of hydrogen-bond donors (Lipinski definition) is 0. The molecule has 1 fully saturated rings. The minimum Gasteiger partial charge on any atom is -0.295 e. The van der Waals surface area contributed by atoms with Crippen LogP contribution >= 0.6 is 27.5 Å². The zero-order valence-corrected chi connectivity index (χ0v) is 12.0. The average molecular weight is 321 g/mol. The number of halogens is 3. The van der Waals surface area contributed by atoms with E-state index in [1.807, 2.05) is 6.07 Å². The number of rotatable bonds is 5. The van der Waals surface area contributed by atoms with E-state index < -0.39 is 0 Å². The maximum atomic E-state index is 13.3. The predicted molar refractivity (Wildman–Crippen MR) is 72.9 cm³/mol. The van der Waals surface area contributed by atoms with Crippen molar-refractivity contribution < 1.29 is 4.39 Å². The van der Waals surface area contributed by atoms with Gasteiger partial charge in [-0.15, -0.1) is 11.6 Å². The van der Waals surface area contributed by atoms with Crippen molar-refractivity contribution in [1.82, 2.24) is 4.90 Å². The van der Waals surface area contributed by atoms with Crippen LogP contribution in [0.5, 0.6) is 0 Å². The molecule has 0 bridgehead atoms. The van der Waals surface area contributed by atoms with Gasteiger partial charge in [0.15, 0.2) is 0 Å². The van der Waals surface area contributed by atoms with Crippen LogP contribution < -0.4 is 0 Å². The largest absolute Gasteiger partial charge is 0.295 e. The van der Waals surface area contributed by atoms with E-state index in [1.165, 1.54) is 25.3 Å². The summed E-state index contributed by atoms with van der Waals surface area (Å²) in [6.07, 6.45) is 3.79. The van der Waals surface area contributed by atoms with Crippen LogP contribution in [0.25, 0.3) is 0 Å². The van der Waals surface area contributed by atoms with Gasteiger partial charge in [0.2, 0.25) is 0 Å². The van der Waals surface area contributed by atoms with Crippen molar-refractivity contribution >= 4 is 27.5 Å². The van der Waals surface area contributed by atoms with E-state index in [0.717, 1.165) is 23.1 Å². The third kappa shape index (κ3) is 3.67. The summed E-state index contributed by atoms with van der Waals surface area (Å²) in [6, 6.07) is 5.70. The molecule has 4 heteroatoms. The molecule has 0 unspecified atom stereocenters. The lowest BCUT2D eigenvalue weighted by Gasteiger charge is -2.37. The van der Waals surface area contributed by atoms with Crippen molar-refractivity contribution in [3.63, 3.8) is 0 Å². The van der Waals surface area contributed by atoms with Crippen molar-refractivity contribution in [2.75, 3.05) is 12.4 Å². The normalized spacial score (nSPS) is 16.2. The fourth-order valence-electron chi connectivity index (χ4n) is 2.19. The summed E-state index contributed by atoms with van der Waals surface area (Å²) in [6.45, 7) is 1.66. The van der Waals surface area contributed by atoms with Gasteiger partial charge in [-0.2, -0.15) is 0 Å². The highest BCUT2D eigenvalue weighted by Crippen LogP contribution is 2.27. The molecule has 1 aliphatic rings. The van der Waals surface area contributed by atoms with Gasteiger partial charge in [-0.3, -0.25) is 4.90 Å². The fourth-order valence-corrected chi connectivity index (χ4v) is 2.92. The second kappa shape index (κ2) is 6.17. The van der Waals surface area contributed by atoms with Crippen molar-refractivity contribution in [3.05, 3.63) is 34.1 Å². The van der Waals surface area contributed by atoms with Crippen LogP contribution in [0.3, 0.4) is 0 Å². The molecule has 0 heterocycles. The van der Waals surface area contributed by atoms with Crippen LogP contribution in [0.4, 0.5) is 4.39 Å². The molecule has 0 spiro atoms. The lowest BCUT2D eigenvalue weighted by molar-refractivity contribution is 0.127. The molecule has 17 heavy (non-hydrogen) atoms.